The van der Waals surface area contributed by atoms with E-state index in [1.807, 2.05) is 31.3 Å². The molecule has 1 aliphatic carbocycles. The van der Waals surface area contributed by atoms with Gasteiger partial charge in [-0.05, 0) is 79.0 Å². The summed E-state index contributed by atoms with van der Waals surface area (Å²) < 4.78 is 1.39. The second-order valence-electron chi connectivity index (χ2n) is 6.47. The fourth-order valence-corrected chi connectivity index (χ4v) is 4.52. The SMILES string of the molecule is C/C=C(C/C=C\C=N)\C(C)=C/c1cc2cccc(C3=CC=CCC3)c2s1.CC. The molecule has 0 atom stereocenters. The maximum atomic E-state index is 7.10. The van der Waals surface area contributed by atoms with Crippen LogP contribution in [0.4, 0.5) is 0 Å². The first-order valence-electron chi connectivity index (χ1n) is 10.1. The fraction of sp³-hybridized carbons (Fsp3) is 0.269. The number of benzene rings is 1. The number of nitrogens with one attached hydrogen (secondary N) is 1. The zero-order chi connectivity index (χ0) is 20.4. The van der Waals surface area contributed by atoms with Gasteiger partial charge in [0, 0.05) is 15.8 Å². The average Bonchev–Trinajstić information content (AvgIpc) is 3.15. The number of rotatable bonds is 6. The average molecular weight is 390 g/mol. The minimum absolute atomic E-state index is 0.865. The molecule has 2 aromatic rings. The van der Waals surface area contributed by atoms with Gasteiger partial charge in [0.2, 0.25) is 0 Å². The highest BCUT2D eigenvalue weighted by Gasteiger charge is 2.10. The molecule has 2 heteroatoms. The number of thiophene rings is 1. The molecule has 0 fully saturated rings. The van der Waals surface area contributed by atoms with Crippen molar-refractivity contribution in [1.82, 2.24) is 0 Å². The lowest BCUT2D eigenvalue weighted by molar-refractivity contribution is 1.06. The Kier molecular flexibility index (Phi) is 8.90. The molecule has 146 valence electrons. The van der Waals surface area contributed by atoms with Gasteiger partial charge in [0.1, 0.15) is 0 Å². The summed E-state index contributed by atoms with van der Waals surface area (Å²) in [7, 11) is 0. The Morgan fingerprint density at radius 3 is 2.75 bits per heavy atom. The van der Waals surface area contributed by atoms with E-state index in [9.17, 15) is 0 Å². The molecule has 0 saturated heterocycles. The first kappa shape index (κ1) is 21.8. The van der Waals surface area contributed by atoms with Crippen molar-refractivity contribution in [2.45, 2.75) is 47.0 Å². The zero-order valence-electron chi connectivity index (χ0n) is 17.5. The van der Waals surface area contributed by atoms with E-state index in [4.69, 9.17) is 5.41 Å². The third-order valence-electron chi connectivity index (χ3n) is 4.71. The largest absolute Gasteiger partial charge is 0.309 e. The van der Waals surface area contributed by atoms with Crippen molar-refractivity contribution in [2.24, 2.45) is 0 Å². The van der Waals surface area contributed by atoms with Crippen molar-refractivity contribution in [1.29, 1.82) is 5.41 Å². The predicted molar refractivity (Wildman–Crippen MR) is 129 cm³/mol. The maximum absolute atomic E-state index is 7.10. The molecule has 0 unspecified atom stereocenters. The lowest BCUT2D eigenvalue weighted by Crippen LogP contribution is -1.87. The molecule has 1 N–H and O–H groups in total. The molecule has 0 spiro atoms. The quantitative estimate of drug-likeness (QED) is 0.378. The molecule has 0 bridgehead atoms. The molecule has 0 saturated carbocycles. The first-order valence-corrected chi connectivity index (χ1v) is 10.9. The van der Waals surface area contributed by atoms with Crippen LogP contribution in [0.2, 0.25) is 0 Å². The molecular formula is C26H31NS. The van der Waals surface area contributed by atoms with Crippen LogP contribution in [0.3, 0.4) is 0 Å². The number of allylic oxidation sites excluding steroid dienone is 9. The van der Waals surface area contributed by atoms with Crippen LogP contribution in [0, 0.1) is 5.41 Å². The topological polar surface area (TPSA) is 23.9 Å². The van der Waals surface area contributed by atoms with Crippen LogP contribution in [0.1, 0.15) is 57.4 Å². The summed E-state index contributed by atoms with van der Waals surface area (Å²) in [6.45, 7) is 8.25. The molecule has 0 amide bonds. The Balaban J connectivity index is 0.00000136. The third kappa shape index (κ3) is 5.53. The molecule has 28 heavy (non-hydrogen) atoms. The van der Waals surface area contributed by atoms with Crippen molar-refractivity contribution >= 4 is 39.3 Å². The second-order valence-corrected chi connectivity index (χ2v) is 7.56. The van der Waals surface area contributed by atoms with E-state index < -0.39 is 0 Å². The minimum atomic E-state index is 0.865. The molecule has 1 heterocycles. The van der Waals surface area contributed by atoms with E-state index in [1.54, 1.807) is 6.08 Å². The van der Waals surface area contributed by atoms with Crippen LogP contribution in [-0.2, 0) is 0 Å². The van der Waals surface area contributed by atoms with Gasteiger partial charge in [-0.15, -0.1) is 11.3 Å². The van der Waals surface area contributed by atoms with E-state index >= 15 is 0 Å². The van der Waals surface area contributed by atoms with Gasteiger partial charge in [0.05, 0.1) is 0 Å². The van der Waals surface area contributed by atoms with Crippen molar-refractivity contribution in [3.8, 4) is 0 Å². The lowest BCUT2D eigenvalue weighted by atomic mass is 9.96. The Labute approximate surface area is 174 Å². The molecule has 1 aromatic heterocycles. The zero-order valence-corrected chi connectivity index (χ0v) is 18.3. The highest BCUT2D eigenvalue weighted by Crippen LogP contribution is 2.36. The maximum Gasteiger partial charge on any atom is 0.0424 e. The highest BCUT2D eigenvalue weighted by atomic mass is 32.1. The number of hydrogen-bond donors (Lipinski definition) is 1. The predicted octanol–water partition coefficient (Wildman–Crippen LogP) is 8.61. The van der Waals surface area contributed by atoms with Crippen molar-refractivity contribution in [3.63, 3.8) is 0 Å². The first-order chi connectivity index (χ1) is 13.7. The second kappa shape index (κ2) is 11.4. The van der Waals surface area contributed by atoms with Gasteiger partial charge in [-0.3, -0.25) is 0 Å². The Bertz CT molecular complexity index is 948. The Hall–Kier alpha value is -2.45. The summed E-state index contributed by atoms with van der Waals surface area (Å²) in [5.74, 6) is 0. The van der Waals surface area contributed by atoms with Crippen LogP contribution in [0.15, 0.2) is 71.9 Å². The van der Waals surface area contributed by atoms with E-state index in [2.05, 4.69) is 68.5 Å². The smallest absolute Gasteiger partial charge is 0.0424 e. The molecule has 0 aliphatic heterocycles. The highest BCUT2D eigenvalue weighted by molar-refractivity contribution is 7.20. The van der Waals surface area contributed by atoms with Crippen LogP contribution < -0.4 is 0 Å². The molecule has 1 aliphatic rings. The van der Waals surface area contributed by atoms with E-state index in [0.717, 1.165) is 19.3 Å². The van der Waals surface area contributed by atoms with Crippen LogP contribution in [0.25, 0.3) is 21.7 Å². The summed E-state index contributed by atoms with van der Waals surface area (Å²) >= 11 is 1.88. The van der Waals surface area contributed by atoms with Crippen LogP contribution in [-0.4, -0.2) is 6.21 Å². The summed E-state index contributed by atoms with van der Waals surface area (Å²) in [4.78, 5) is 1.30. The number of fused-ring (bicyclic) bond motifs is 1. The third-order valence-corrected chi connectivity index (χ3v) is 5.84. The molecule has 0 radical (unpaired) electrons. The summed E-state index contributed by atoms with van der Waals surface area (Å²) in [5, 5.41) is 8.43. The van der Waals surface area contributed by atoms with Gasteiger partial charge >= 0.3 is 0 Å². The van der Waals surface area contributed by atoms with Gasteiger partial charge in [0.25, 0.3) is 0 Å². The van der Waals surface area contributed by atoms with Crippen LogP contribution in [0.5, 0.6) is 0 Å². The van der Waals surface area contributed by atoms with Gasteiger partial charge in [0.15, 0.2) is 0 Å². The fourth-order valence-electron chi connectivity index (χ4n) is 3.31. The molecule has 1 aromatic carbocycles. The molecule has 1 nitrogen and oxygen atoms in total. The monoisotopic (exact) mass is 389 g/mol. The normalized spacial score (nSPS) is 14.8. The lowest BCUT2D eigenvalue weighted by Gasteiger charge is -2.10. The van der Waals surface area contributed by atoms with Crippen molar-refractivity contribution in [3.05, 3.63) is 82.3 Å². The summed E-state index contributed by atoms with van der Waals surface area (Å²) in [6.07, 6.45) is 19.4. The van der Waals surface area contributed by atoms with Crippen molar-refractivity contribution < 1.29 is 0 Å². The minimum Gasteiger partial charge on any atom is -0.309 e. The van der Waals surface area contributed by atoms with E-state index in [0.29, 0.717) is 0 Å². The van der Waals surface area contributed by atoms with E-state index in [1.165, 1.54) is 43.5 Å². The van der Waals surface area contributed by atoms with Gasteiger partial charge in [-0.2, -0.15) is 0 Å². The number of hydrogen-bond acceptors (Lipinski definition) is 2. The summed E-state index contributed by atoms with van der Waals surface area (Å²) in [5.41, 5.74) is 5.42. The van der Waals surface area contributed by atoms with E-state index in [-0.39, 0.29) is 0 Å². The molecule has 3 rings (SSSR count). The Morgan fingerprint density at radius 2 is 2.07 bits per heavy atom. The molecular weight excluding hydrogens is 358 g/mol. The van der Waals surface area contributed by atoms with Crippen molar-refractivity contribution in [2.75, 3.05) is 0 Å². The van der Waals surface area contributed by atoms with Gasteiger partial charge in [-0.1, -0.05) is 62.4 Å². The Morgan fingerprint density at radius 1 is 1.25 bits per heavy atom. The summed E-state index contributed by atoms with van der Waals surface area (Å²) in [6, 6.07) is 8.94. The van der Waals surface area contributed by atoms with Crippen LogP contribution >= 0.6 is 11.3 Å². The van der Waals surface area contributed by atoms with Gasteiger partial charge in [-0.25, -0.2) is 0 Å². The van der Waals surface area contributed by atoms with Gasteiger partial charge < -0.3 is 5.41 Å². The standard InChI is InChI=1S/C24H25NS.C2H6/c1-3-19(10-7-8-15-25)18(2)16-22-17-21-13-9-14-23(24(21)26-22)20-11-5-4-6-12-20;1-2/h3-5,7-9,11,13-17,25H,6,10,12H2,1-2H3;1-2H3/b8-7-,18-16-,19-3-,25-15?;.